The largest absolute Gasteiger partial charge is 0.490 e. The third kappa shape index (κ3) is 5.07. The number of thiocarbonyl (C=S) groups is 1. The van der Waals surface area contributed by atoms with Gasteiger partial charge in [0.25, 0.3) is 11.6 Å². The highest BCUT2D eigenvalue weighted by Gasteiger charge is 2.33. The molecule has 1 heterocycles. The van der Waals surface area contributed by atoms with Crippen molar-refractivity contribution in [3.63, 3.8) is 0 Å². The standard InChI is InChI=1S/C21H17ClN2O5S2/c1-3-9-29-19-16(22)10-13(11-17(19)28-4-2)12-18-20(25)23(21(30)31-18)14-5-7-15(8-6-14)24(26)27/h3,5-8,10-12H,1,4,9H2,2H3/b18-12-. The number of benzene rings is 2. The van der Waals surface area contributed by atoms with Gasteiger partial charge in [0.2, 0.25) is 0 Å². The van der Waals surface area contributed by atoms with Crippen molar-refractivity contribution in [1.29, 1.82) is 0 Å². The van der Waals surface area contributed by atoms with E-state index in [2.05, 4.69) is 6.58 Å². The Hall–Kier alpha value is -2.88. The highest BCUT2D eigenvalue weighted by molar-refractivity contribution is 8.27. The molecular formula is C21H17ClN2O5S2. The van der Waals surface area contributed by atoms with Crippen LogP contribution in [0.1, 0.15) is 12.5 Å². The number of hydrogen-bond donors (Lipinski definition) is 0. The monoisotopic (exact) mass is 476 g/mol. The summed E-state index contributed by atoms with van der Waals surface area (Å²) in [5.41, 5.74) is 1.03. The van der Waals surface area contributed by atoms with E-state index >= 15 is 0 Å². The van der Waals surface area contributed by atoms with Crippen LogP contribution in [0.5, 0.6) is 11.5 Å². The summed E-state index contributed by atoms with van der Waals surface area (Å²) in [6.07, 6.45) is 3.26. The normalized spacial score (nSPS) is 14.8. The van der Waals surface area contributed by atoms with Crippen LogP contribution in [0, 0.1) is 10.1 Å². The first-order valence-electron chi connectivity index (χ1n) is 9.08. The highest BCUT2D eigenvalue weighted by Crippen LogP contribution is 2.40. The van der Waals surface area contributed by atoms with Crippen LogP contribution in [0.2, 0.25) is 5.02 Å². The molecule has 0 aromatic heterocycles. The topological polar surface area (TPSA) is 81.9 Å². The van der Waals surface area contributed by atoms with Gasteiger partial charge in [-0.1, -0.05) is 48.2 Å². The molecule has 0 spiro atoms. The number of halogens is 1. The molecule has 7 nitrogen and oxygen atoms in total. The molecule has 0 N–H and O–H groups in total. The van der Waals surface area contributed by atoms with E-state index in [0.717, 1.165) is 11.8 Å². The number of nitro groups is 1. The zero-order valence-electron chi connectivity index (χ0n) is 16.4. The predicted octanol–water partition coefficient (Wildman–Crippen LogP) is 5.62. The van der Waals surface area contributed by atoms with E-state index < -0.39 is 4.92 Å². The Balaban J connectivity index is 1.91. The maximum Gasteiger partial charge on any atom is 0.270 e. The molecule has 0 saturated carbocycles. The van der Waals surface area contributed by atoms with E-state index in [1.54, 1.807) is 24.3 Å². The van der Waals surface area contributed by atoms with Crippen molar-refractivity contribution in [2.75, 3.05) is 18.1 Å². The van der Waals surface area contributed by atoms with Gasteiger partial charge in [0, 0.05) is 12.1 Å². The first-order chi connectivity index (χ1) is 14.8. The number of anilines is 1. The molecule has 1 fully saturated rings. The number of thioether (sulfide) groups is 1. The predicted molar refractivity (Wildman–Crippen MR) is 127 cm³/mol. The Morgan fingerprint density at radius 3 is 2.61 bits per heavy atom. The van der Waals surface area contributed by atoms with Crippen LogP contribution < -0.4 is 14.4 Å². The molecule has 10 heteroatoms. The summed E-state index contributed by atoms with van der Waals surface area (Å²) in [6.45, 7) is 6.14. The Morgan fingerprint density at radius 2 is 2.00 bits per heavy atom. The molecule has 1 aliphatic rings. The molecule has 2 aromatic carbocycles. The molecule has 1 saturated heterocycles. The summed E-state index contributed by atoms with van der Waals surface area (Å²) in [4.78, 5) is 25.0. The molecule has 160 valence electrons. The molecular weight excluding hydrogens is 460 g/mol. The molecule has 0 unspecified atom stereocenters. The molecule has 3 rings (SSSR count). The summed E-state index contributed by atoms with van der Waals surface area (Å²) < 4.78 is 11.5. The van der Waals surface area contributed by atoms with Crippen LogP contribution in [0.25, 0.3) is 6.08 Å². The quantitative estimate of drug-likeness (QED) is 0.161. The first-order valence-corrected chi connectivity index (χ1v) is 10.7. The summed E-state index contributed by atoms with van der Waals surface area (Å²) in [5.74, 6) is 0.526. The lowest BCUT2D eigenvalue weighted by Crippen LogP contribution is -2.27. The molecule has 0 radical (unpaired) electrons. The highest BCUT2D eigenvalue weighted by atomic mass is 35.5. The molecule has 1 aliphatic heterocycles. The molecule has 31 heavy (non-hydrogen) atoms. The number of amides is 1. The zero-order valence-corrected chi connectivity index (χ0v) is 18.8. The summed E-state index contributed by atoms with van der Waals surface area (Å²) in [5, 5.41) is 11.2. The number of nitro benzene ring substituents is 1. The van der Waals surface area contributed by atoms with Crippen molar-refractivity contribution in [3.8, 4) is 11.5 Å². The van der Waals surface area contributed by atoms with E-state index in [0.29, 0.717) is 43.6 Å². The number of non-ortho nitro benzene ring substituents is 1. The smallest absolute Gasteiger partial charge is 0.270 e. The third-order valence-corrected chi connectivity index (χ3v) is 5.67. The van der Waals surface area contributed by atoms with Gasteiger partial charge in [-0.05, 0) is 42.8 Å². The van der Waals surface area contributed by atoms with Gasteiger partial charge >= 0.3 is 0 Å². The third-order valence-electron chi connectivity index (χ3n) is 4.09. The fourth-order valence-corrected chi connectivity index (χ4v) is 4.35. The molecule has 1 amide bonds. The van der Waals surface area contributed by atoms with Gasteiger partial charge in [-0.25, -0.2) is 0 Å². The average Bonchev–Trinajstić information content (AvgIpc) is 3.00. The van der Waals surface area contributed by atoms with E-state index in [-0.39, 0.29) is 18.2 Å². The zero-order chi connectivity index (χ0) is 22.5. The van der Waals surface area contributed by atoms with Crippen LogP contribution >= 0.6 is 35.6 Å². The van der Waals surface area contributed by atoms with E-state index in [9.17, 15) is 14.9 Å². The maximum atomic E-state index is 13.0. The van der Waals surface area contributed by atoms with Crippen LogP contribution in [-0.4, -0.2) is 28.4 Å². The fourth-order valence-electron chi connectivity index (χ4n) is 2.78. The number of ether oxygens (including phenoxy) is 2. The van der Waals surface area contributed by atoms with E-state index in [1.165, 1.54) is 29.2 Å². The van der Waals surface area contributed by atoms with Crippen LogP contribution in [-0.2, 0) is 4.79 Å². The number of carbonyl (C=O) groups is 1. The van der Waals surface area contributed by atoms with Gasteiger partial charge in [0.15, 0.2) is 15.8 Å². The van der Waals surface area contributed by atoms with Gasteiger partial charge in [-0.2, -0.15) is 0 Å². The van der Waals surface area contributed by atoms with Gasteiger partial charge < -0.3 is 9.47 Å². The number of hydrogen-bond acceptors (Lipinski definition) is 7. The number of carbonyl (C=O) groups excluding carboxylic acids is 1. The second kappa shape index (κ2) is 9.95. The SMILES string of the molecule is C=CCOc1c(Cl)cc(/C=C2\SC(=S)N(c3ccc([N+](=O)[O-])cc3)C2=O)cc1OCC. The first kappa shape index (κ1) is 22.8. The average molecular weight is 477 g/mol. The van der Waals surface area contributed by atoms with E-state index in [1.807, 2.05) is 6.92 Å². The molecule has 0 bridgehead atoms. The van der Waals surface area contributed by atoms with Crippen molar-refractivity contribution in [2.24, 2.45) is 0 Å². The Morgan fingerprint density at radius 1 is 1.29 bits per heavy atom. The van der Waals surface area contributed by atoms with E-state index in [4.69, 9.17) is 33.3 Å². The molecule has 0 atom stereocenters. The lowest BCUT2D eigenvalue weighted by Gasteiger charge is -2.14. The maximum absolute atomic E-state index is 13.0. The minimum absolute atomic E-state index is 0.0680. The van der Waals surface area contributed by atoms with Gasteiger partial charge in [-0.3, -0.25) is 19.8 Å². The Bertz CT molecular complexity index is 1090. The van der Waals surface area contributed by atoms with Crippen LogP contribution in [0.4, 0.5) is 11.4 Å². The summed E-state index contributed by atoms with van der Waals surface area (Å²) in [6, 6.07) is 9.03. The van der Waals surface area contributed by atoms with Gasteiger partial charge in [0.05, 0.1) is 27.1 Å². The fraction of sp³-hybridized carbons (Fsp3) is 0.143. The summed E-state index contributed by atoms with van der Waals surface area (Å²) in [7, 11) is 0. The van der Waals surface area contributed by atoms with Crippen molar-refractivity contribution in [3.05, 3.63) is 74.7 Å². The minimum atomic E-state index is -0.504. The van der Waals surface area contributed by atoms with Gasteiger partial charge in [-0.15, -0.1) is 0 Å². The summed E-state index contributed by atoms with van der Waals surface area (Å²) >= 11 is 12.9. The van der Waals surface area contributed by atoms with Crippen molar-refractivity contribution >= 4 is 63.3 Å². The lowest BCUT2D eigenvalue weighted by atomic mass is 10.1. The minimum Gasteiger partial charge on any atom is -0.490 e. The van der Waals surface area contributed by atoms with Crippen LogP contribution in [0.15, 0.2) is 54.0 Å². The molecule has 0 aliphatic carbocycles. The van der Waals surface area contributed by atoms with Gasteiger partial charge in [0.1, 0.15) is 6.61 Å². The van der Waals surface area contributed by atoms with Crippen molar-refractivity contribution < 1.29 is 19.2 Å². The second-order valence-corrected chi connectivity index (χ2v) is 8.24. The van der Waals surface area contributed by atoms with Crippen molar-refractivity contribution in [2.45, 2.75) is 6.92 Å². The Labute approximate surface area is 193 Å². The Kier molecular flexibility index (Phi) is 7.32. The molecule has 2 aromatic rings. The van der Waals surface area contributed by atoms with Crippen molar-refractivity contribution in [1.82, 2.24) is 0 Å². The number of rotatable bonds is 8. The number of nitrogens with zero attached hydrogens (tertiary/aromatic N) is 2. The second-order valence-electron chi connectivity index (χ2n) is 6.15. The lowest BCUT2D eigenvalue weighted by molar-refractivity contribution is -0.384. The van der Waals surface area contributed by atoms with Crippen LogP contribution in [0.3, 0.4) is 0 Å².